The van der Waals surface area contributed by atoms with Crippen molar-refractivity contribution in [3.63, 3.8) is 0 Å². The Kier molecular flexibility index (Phi) is 3.42. The molecule has 0 atom stereocenters. The van der Waals surface area contributed by atoms with Crippen molar-refractivity contribution < 1.29 is 19.1 Å². The zero-order chi connectivity index (χ0) is 13.8. The van der Waals surface area contributed by atoms with E-state index in [-0.39, 0.29) is 11.5 Å². The molecule has 0 bridgehead atoms. The second kappa shape index (κ2) is 5.17. The molecule has 0 saturated carbocycles. The Morgan fingerprint density at radius 3 is 2.47 bits per heavy atom. The van der Waals surface area contributed by atoms with Crippen molar-refractivity contribution in [1.29, 1.82) is 0 Å². The lowest BCUT2D eigenvalue weighted by molar-refractivity contribution is 0.0690. The van der Waals surface area contributed by atoms with Crippen molar-refractivity contribution in [3.05, 3.63) is 41.8 Å². The SMILES string of the molecule is O=C(Nc1ccc(F)cc1)Nc1cc(C(=O)O)[nH]n1. The van der Waals surface area contributed by atoms with Crippen LogP contribution in [0.5, 0.6) is 0 Å². The van der Waals surface area contributed by atoms with Crippen molar-refractivity contribution in [1.82, 2.24) is 10.2 Å². The normalized spacial score (nSPS) is 9.95. The van der Waals surface area contributed by atoms with E-state index in [0.717, 1.165) is 0 Å². The number of nitrogens with one attached hydrogen (secondary N) is 3. The summed E-state index contributed by atoms with van der Waals surface area (Å²) in [5.41, 5.74) is 0.255. The number of carbonyl (C=O) groups is 2. The number of rotatable bonds is 3. The van der Waals surface area contributed by atoms with E-state index in [2.05, 4.69) is 20.8 Å². The molecule has 1 aromatic heterocycles. The number of anilines is 2. The Morgan fingerprint density at radius 2 is 1.89 bits per heavy atom. The number of H-pyrrole nitrogens is 1. The van der Waals surface area contributed by atoms with Crippen LogP contribution in [0.3, 0.4) is 0 Å². The fraction of sp³-hybridized carbons (Fsp3) is 0. The van der Waals surface area contributed by atoms with Crippen LogP contribution in [-0.4, -0.2) is 27.3 Å². The predicted octanol–water partition coefficient (Wildman–Crippen LogP) is 1.89. The number of hydrogen-bond donors (Lipinski definition) is 4. The first-order valence-corrected chi connectivity index (χ1v) is 5.17. The highest BCUT2D eigenvalue weighted by Crippen LogP contribution is 2.10. The largest absolute Gasteiger partial charge is 0.477 e. The molecule has 0 aliphatic rings. The van der Waals surface area contributed by atoms with E-state index in [4.69, 9.17) is 5.11 Å². The minimum Gasteiger partial charge on any atom is -0.477 e. The van der Waals surface area contributed by atoms with Crippen molar-refractivity contribution in [3.8, 4) is 0 Å². The monoisotopic (exact) mass is 264 g/mol. The smallest absolute Gasteiger partial charge is 0.353 e. The van der Waals surface area contributed by atoms with Gasteiger partial charge in [-0.1, -0.05) is 0 Å². The maximum absolute atomic E-state index is 12.7. The minimum absolute atomic E-state index is 0.0667. The van der Waals surface area contributed by atoms with Gasteiger partial charge in [0.1, 0.15) is 11.5 Å². The van der Waals surface area contributed by atoms with Gasteiger partial charge in [-0.15, -0.1) is 0 Å². The minimum atomic E-state index is -1.18. The molecular formula is C11H9FN4O3. The molecule has 0 radical (unpaired) electrons. The van der Waals surface area contributed by atoms with Gasteiger partial charge >= 0.3 is 12.0 Å². The van der Waals surface area contributed by atoms with Crippen LogP contribution in [0, 0.1) is 5.82 Å². The summed E-state index contributed by atoms with van der Waals surface area (Å²) in [7, 11) is 0. The first-order valence-electron chi connectivity index (χ1n) is 5.17. The Morgan fingerprint density at radius 1 is 1.21 bits per heavy atom. The van der Waals surface area contributed by atoms with E-state index >= 15 is 0 Å². The summed E-state index contributed by atoms with van der Waals surface area (Å²) in [5.74, 6) is -1.53. The van der Waals surface area contributed by atoms with Gasteiger partial charge in [-0.2, -0.15) is 5.10 Å². The molecule has 0 saturated heterocycles. The number of hydrogen-bond acceptors (Lipinski definition) is 3. The molecule has 0 unspecified atom stereocenters. The molecule has 0 aliphatic carbocycles. The molecule has 0 aliphatic heterocycles. The quantitative estimate of drug-likeness (QED) is 0.679. The number of aromatic nitrogens is 2. The van der Waals surface area contributed by atoms with Crippen LogP contribution in [0.2, 0.25) is 0 Å². The summed E-state index contributed by atoms with van der Waals surface area (Å²) in [6.45, 7) is 0. The molecule has 2 aromatic rings. The fourth-order valence-corrected chi connectivity index (χ4v) is 1.31. The third kappa shape index (κ3) is 3.28. The molecule has 98 valence electrons. The highest BCUT2D eigenvalue weighted by atomic mass is 19.1. The van der Waals surface area contributed by atoms with Gasteiger partial charge in [0.25, 0.3) is 0 Å². The lowest BCUT2D eigenvalue weighted by Gasteiger charge is -2.04. The zero-order valence-electron chi connectivity index (χ0n) is 9.48. The third-order valence-corrected chi connectivity index (χ3v) is 2.15. The van der Waals surface area contributed by atoms with Gasteiger partial charge < -0.3 is 10.4 Å². The van der Waals surface area contributed by atoms with E-state index in [1.54, 1.807) is 0 Å². The van der Waals surface area contributed by atoms with E-state index in [1.807, 2.05) is 0 Å². The van der Waals surface area contributed by atoms with E-state index in [0.29, 0.717) is 5.69 Å². The van der Waals surface area contributed by atoms with Gasteiger partial charge in [0.2, 0.25) is 0 Å². The Hall–Kier alpha value is -2.90. The van der Waals surface area contributed by atoms with Crippen molar-refractivity contribution >= 4 is 23.5 Å². The molecule has 1 aromatic carbocycles. The van der Waals surface area contributed by atoms with Crippen molar-refractivity contribution in [2.45, 2.75) is 0 Å². The number of nitrogens with zero attached hydrogens (tertiary/aromatic N) is 1. The van der Waals surface area contributed by atoms with E-state index in [1.165, 1.54) is 30.3 Å². The molecule has 4 N–H and O–H groups in total. The van der Waals surface area contributed by atoms with Crippen molar-refractivity contribution in [2.24, 2.45) is 0 Å². The summed E-state index contributed by atoms with van der Waals surface area (Å²) in [4.78, 5) is 22.1. The number of aromatic amines is 1. The fourth-order valence-electron chi connectivity index (χ4n) is 1.31. The van der Waals surface area contributed by atoms with E-state index in [9.17, 15) is 14.0 Å². The highest BCUT2D eigenvalue weighted by molar-refractivity contribution is 5.99. The van der Waals surface area contributed by atoms with Crippen LogP contribution in [0.1, 0.15) is 10.5 Å². The van der Waals surface area contributed by atoms with Crippen LogP contribution in [-0.2, 0) is 0 Å². The molecule has 2 amide bonds. The lowest BCUT2D eigenvalue weighted by Crippen LogP contribution is -2.19. The molecule has 0 fully saturated rings. The second-order valence-corrected chi connectivity index (χ2v) is 3.56. The summed E-state index contributed by atoms with van der Waals surface area (Å²) >= 11 is 0. The van der Waals surface area contributed by atoms with Gasteiger partial charge in [0, 0.05) is 11.8 Å². The zero-order valence-corrected chi connectivity index (χ0v) is 9.48. The first-order chi connectivity index (χ1) is 9.04. The highest BCUT2D eigenvalue weighted by Gasteiger charge is 2.10. The molecule has 8 heteroatoms. The molecule has 19 heavy (non-hydrogen) atoms. The number of carbonyl (C=O) groups excluding carboxylic acids is 1. The summed E-state index contributed by atoms with van der Waals surface area (Å²) in [6, 6.07) is 5.74. The van der Waals surface area contributed by atoms with Crippen molar-refractivity contribution in [2.75, 3.05) is 10.6 Å². The number of aromatic carboxylic acids is 1. The number of carboxylic acid groups (broad SMARTS) is 1. The second-order valence-electron chi connectivity index (χ2n) is 3.56. The number of amides is 2. The summed E-state index contributed by atoms with van der Waals surface area (Å²) in [6.07, 6.45) is 0. The molecule has 0 spiro atoms. The molecule has 1 heterocycles. The van der Waals surface area contributed by atoms with Crippen LogP contribution in [0.15, 0.2) is 30.3 Å². The summed E-state index contributed by atoms with van der Waals surface area (Å²) in [5, 5.41) is 19.3. The van der Waals surface area contributed by atoms with Gasteiger partial charge in [-0.05, 0) is 24.3 Å². The Balaban J connectivity index is 1.97. The van der Waals surface area contributed by atoms with Crippen LogP contribution < -0.4 is 10.6 Å². The number of halogens is 1. The number of urea groups is 1. The lowest BCUT2D eigenvalue weighted by atomic mass is 10.3. The van der Waals surface area contributed by atoms with Gasteiger partial charge in [-0.25, -0.2) is 14.0 Å². The topological polar surface area (TPSA) is 107 Å². The molecule has 7 nitrogen and oxygen atoms in total. The van der Waals surface area contributed by atoms with E-state index < -0.39 is 17.8 Å². The standard InChI is InChI=1S/C11H9FN4O3/c12-6-1-3-7(4-2-6)13-11(19)14-9-5-8(10(17)18)15-16-9/h1-5H,(H,17,18)(H3,13,14,15,16,19). The number of benzene rings is 1. The third-order valence-electron chi connectivity index (χ3n) is 2.15. The van der Waals surface area contributed by atoms with Crippen LogP contribution >= 0.6 is 0 Å². The number of carboxylic acids is 1. The Bertz CT molecular complexity index is 609. The average Bonchev–Trinajstić information content (AvgIpc) is 2.80. The van der Waals surface area contributed by atoms with Gasteiger partial charge in [0.05, 0.1) is 0 Å². The molecular weight excluding hydrogens is 255 g/mol. The maximum atomic E-state index is 12.7. The van der Waals surface area contributed by atoms with Crippen LogP contribution in [0.4, 0.5) is 20.7 Å². The average molecular weight is 264 g/mol. The first kappa shape index (κ1) is 12.6. The van der Waals surface area contributed by atoms with Gasteiger partial charge in [0.15, 0.2) is 5.82 Å². The Labute approximate surface area is 106 Å². The maximum Gasteiger partial charge on any atom is 0.353 e. The predicted molar refractivity (Wildman–Crippen MR) is 64.6 cm³/mol. The molecule has 2 rings (SSSR count). The van der Waals surface area contributed by atoms with Crippen LogP contribution in [0.25, 0.3) is 0 Å². The summed E-state index contributed by atoms with van der Waals surface area (Å²) < 4.78 is 12.7. The van der Waals surface area contributed by atoms with Gasteiger partial charge in [-0.3, -0.25) is 10.4 Å².